The number of rotatable bonds is 2. The maximum absolute atomic E-state index is 11.5. The molecule has 1 aromatic heterocycles. The standard InChI is InChI=1S/C11H14N2O/c12-10(14)11(5-1-2-6-11)9-3-7-13-8-4-9/h3-4,7-8H,1-2,5-6H2,(H2,12,14). The molecule has 0 aliphatic heterocycles. The van der Waals surface area contributed by atoms with E-state index >= 15 is 0 Å². The zero-order chi connectivity index (χ0) is 10.0. The lowest BCUT2D eigenvalue weighted by atomic mass is 9.79. The Bertz CT molecular complexity index is 328. The number of carbonyl (C=O) groups excluding carboxylic acids is 1. The van der Waals surface area contributed by atoms with Crippen molar-refractivity contribution >= 4 is 5.91 Å². The molecule has 0 atom stereocenters. The summed E-state index contributed by atoms with van der Waals surface area (Å²) in [6.07, 6.45) is 7.38. The number of hydrogen-bond donors (Lipinski definition) is 1. The van der Waals surface area contributed by atoms with Gasteiger partial charge in [0.1, 0.15) is 0 Å². The van der Waals surface area contributed by atoms with E-state index in [1.165, 1.54) is 0 Å². The summed E-state index contributed by atoms with van der Waals surface area (Å²) in [4.78, 5) is 15.5. The topological polar surface area (TPSA) is 56.0 Å². The molecule has 14 heavy (non-hydrogen) atoms. The van der Waals surface area contributed by atoms with Crippen LogP contribution in [0.1, 0.15) is 31.2 Å². The first-order chi connectivity index (χ1) is 6.76. The second-order valence-electron chi connectivity index (χ2n) is 3.89. The van der Waals surface area contributed by atoms with Crippen LogP contribution in [0.2, 0.25) is 0 Å². The second kappa shape index (κ2) is 3.40. The summed E-state index contributed by atoms with van der Waals surface area (Å²) in [5, 5.41) is 0. The highest BCUT2D eigenvalue weighted by Gasteiger charge is 2.40. The molecule has 0 aromatic carbocycles. The maximum Gasteiger partial charge on any atom is 0.228 e. The maximum atomic E-state index is 11.5. The van der Waals surface area contributed by atoms with Crippen LogP contribution in [0, 0.1) is 0 Å². The van der Waals surface area contributed by atoms with E-state index in [-0.39, 0.29) is 5.91 Å². The predicted molar refractivity (Wildman–Crippen MR) is 53.6 cm³/mol. The molecule has 1 amide bonds. The van der Waals surface area contributed by atoms with E-state index in [1.54, 1.807) is 12.4 Å². The average molecular weight is 190 g/mol. The SMILES string of the molecule is NC(=O)C1(c2ccncc2)CCCC1. The van der Waals surface area contributed by atoms with Crippen molar-refractivity contribution in [2.24, 2.45) is 5.73 Å². The molecule has 1 saturated carbocycles. The number of aromatic nitrogens is 1. The fourth-order valence-electron chi connectivity index (χ4n) is 2.33. The molecule has 3 nitrogen and oxygen atoms in total. The predicted octanol–water partition coefficient (Wildman–Crippen LogP) is 1.38. The van der Waals surface area contributed by atoms with Crippen molar-refractivity contribution in [1.82, 2.24) is 4.98 Å². The lowest BCUT2D eigenvalue weighted by Crippen LogP contribution is -2.38. The van der Waals surface area contributed by atoms with E-state index in [2.05, 4.69) is 4.98 Å². The van der Waals surface area contributed by atoms with Gasteiger partial charge >= 0.3 is 0 Å². The van der Waals surface area contributed by atoms with Gasteiger partial charge in [-0.25, -0.2) is 0 Å². The van der Waals surface area contributed by atoms with E-state index in [1.807, 2.05) is 12.1 Å². The number of carbonyl (C=O) groups is 1. The summed E-state index contributed by atoms with van der Waals surface area (Å²) >= 11 is 0. The van der Waals surface area contributed by atoms with Gasteiger partial charge in [-0.1, -0.05) is 12.8 Å². The van der Waals surface area contributed by atoms with Crippen molar-refractivity contribution in [3.05, 3.63) is 30.1 Å². The molecular weight excluding hydrogens is 176 g/mol. The van der Waals surface area contributed by atoms with Crippen molar-refractivity contribution < 1.29 is 4.79 Å². The Hall–Kier alpha value is -1.38. The molecule has 1 fully saturated rings. The fraction of sp³-hybridized carbons (Fsp3) is 0.455. The molecule has 0 radical (unpaired) electrons. The second-order valence-corrected chi connectivity index (χ2v) is 3.89. The third-order valence-electron chi connectivity index (χ3n) is 3.16. The van der Waals surface area contributed by atoms with Crippen molar-refractivity contribution in [2.45, 2.75) is 31.1 Å². The van der Waals surface area contributed by atoms with Crippen molar-refractivity contribution in [3.8, 4) is 0 Å². The zero-order valence-electron chi connectivity index (χ0n) is 8.07. The molecule has 1 aromatic rings. The van der Waals surface area contributed by atoms with E-state index < -0.39 is 5.41 Å². The molecule has 1 heterocycles. The van der Waals surface area contributed by atoms with Gasteiger partial charge in [-0.2, -0.15) is 0 Å². The quantitative estimate of drug-likeness (QED) is 0.765. The van der Waals surface area contributed by atoms with Gasteiger partial charge in [0.25, 0.3) is 0 Å². The first-order valence-corrected chi connectivity index (χ1v) is 4.96. The fourth-order valence-corrected chi connectivity index (χ4v) is 2.33. The number of primary amides is 1. The van der Waals surface area contributed by atoms with Gasteiger partial charge in [-0.3, -0.25) is 9.78 Å². The lowest BCUT2D eigenvalue weighted by Gasteiger charge is -2.25. The highest BCUT2D eigenvalue weighted by atomic mass is 16.1. The van der Waals surface area contributed by atoms with Crippen LogP contribution < -0.4 is 5.73 Å². The molecule has 0 bridgehead atoms. The summed E-state index contributed by atoms with van der Waals surface area (Å²) < 4.78 is 0. The molecule has 0 saturated heterocycles. The Morgan fingerprint density at radius 1 is 1.29 bits per heavy atom. The third-order valence-corrected chi connectivity index (χ3v) is 3.16. The summed E-state index contributed by atoms with van der Waals surface area (Å²) in [7, 11) is 0. The van der Waals surface area contributed by atoms with Crippen LogP contribution in [0.5, 0.6) is 0 Å². The van der Waals surface area contributed by atoms with E-state index in [9.17, 15) is 4.79 Å². The zero-order valence-corrected chi connectivity index (χ0v) is 8.07. The Morgan fingerprint density at radius 3 is 2.36 bits per heavy atom. The molecule has 0 unspecified atom stereocenters. The Morgan fingerprint density at radius 2 is 1.86 bits per heavy atom. The summed E-state index contributed by atoms with van der Waals surface area (Å²) in [6.45, 7) is 0. The van der Waals surface area contributed by atoms with Crippen LogP contribution in [0.3, 0.4) is 0 Å². The molecular formula is C11H14N2O. The third kappa shape index (κ3) is 1.29. The molecule has 2 N–H and O–H groups in total. The van der Waals surface area contributed by atoms with Gasteiger partial charge < -0.3 is 5.73 Å². The number of pyridine rings is 1. The van der Waals surface area contributed by atoms with Crippen molar-refractivity contribution in [2.75, 3.05) is 0 Å². The van der Waals surface area contributed by atoms with E-state index in [4.69, 9.17) is 5.73 Å². The minimum Gasteiger partial charge on any atom is -0.369 e. The minimum absolute atomic E-state index is 0.193. The van der Waals surface area contributed by atoms with Crippen LogP contribution >= 0.6 is 0 Å². The first-order valence-electron chi connectivity index (χ1n) is 4.96. The smallest absolute Gasteiger partial charge is 0.228 e. The number of hydrogen-bond acceptors (Lipinski definition) is 2. The molecule has 1 aliphatic rings. The molecule has 3 heteroatoms. The van der Waals surface area contributed by atoms with Gasteiger partial charge in [-0.15, -0.1) is 0 Å². The normalized spacial score (nSPS) is 19.4. The van der Waals surface area contributed by atoms with Crippen LogP contribution in [0.25, 0.3) is 0 Å². The molecule has 1 aliphatic carbocycles. The molecule has 0 spiro atoms. The first kappa shape index (κ1) is 9.19. The Kier molecular flexibility index (Phi) is 2.23. The van der Waals surface area contributed by atoms with Crippen LogP contribution in [-0.4, -0.2) is 10.9 Å². The van der Waals surface area contributed by atoms with E-state index in [0.29, 0.717) is 0 Å². The largest absolute Gasteiger partial charge is 0.369 e. The van der Waals surface area contributed by atoms with Gasteiger partial charge in [0.05, 0.1) is 5.41 Å². The summed E-state index contributed by atoms with van der Waals surface area (Å²) in [5.74, 6) is -0.193. The summed E-state index contributed by atoms with van der Waals surface area (Å²) in [6, 6.07) is 3.80. The van der Waals surface area contributed by atoms with E-state index in [0.717, 1.165) is 31.2 Å². The molecule has 74 valence electrons. The van der Waals surface area contributed by atoms with Crippen LogP contribution in [-0.2, 0) is 10.2 Å². The minimum atomic E-state index is -0.414. The molecule has 2 rings (SSSR count). The van der Waals surface area contributed by atoms with Crippen LogP contribution in [0.4, 0.5) is 0 Å². The number of nitrogens with zero attached hydrogens (tertiary/aromatic N) is 1. The monoisotopic (exact) mass is 190 g/mol. The van der Waals surface area contributed by atoms with Gasteiger partial charge in [0.2, 0.25) is 5.91 Å². The van der Waals surface area contributed by atoms with Crippen LogP contribution in [0.15, 0.2) is 24.5 Å². The average Bonchev–Trinajstić information content (AvgIpc) is 2.69. The lowest BCUT2D eigenvalue weighted by molar-refractivity contribution is -0.123. The van der Waals surface area contributed by atoms with Crippen molar-refractivity contribution in [1.29, 1.82) is 0 Å². The number of nitrogens with two attached hydrogens (primary N) is 1. The summed E-state index contributed by atoms with van der Waals surface area (Å²) in [5.41, 5.74) is 6.12. The van der Waals surface area contributed by atoms with Crippen molar-refractivity contribution in [3.63, 3.8) is 0 Å². The highest BCUT2D eigenvalue weighted by molar-refractivity contribution is 5.87. The van der Waals surface area contributed by atoms with Gasteiger partial charge in [-0.05, 0) is 30.5 Å². The van der Waals surface area contributed by atoms with Gasteiger partial charge in [0, 0.05) is 12.4 Å². The Balaban J connectivity index is 2.42. The van der Waals surface area contributed by atoms with Gasteiger partial charge in [0.15, 0.2) is 0 Å². The highest BCUT2D eigenvalue weighted by Crippen LogP contribution is 2.40. The number of amides is 1. The Labute approximate surface area is 83.3 Å².